The molecule has 3 rings (SSSR count). The minimum Gasteiger partial charge on any atom is -0.244 e. The minimum absolute atomic E-state index is 0.0667. The SMILES string of the molecule is Cc1nn(C(C)C)c2nc(-c3ccc(Br)cc3)cc(C(F)(F)F)c12. The molecule has 0 fully saturated rings. The molecule has 0 amide bonds. The maximum absolute atomic E-state index is 13.6. The van der Waals surface area contributed by atoms with Gasteiger partial charge in [-0.1, -0.05) is 28.1 Å². The lowest BCUT2D eigenvalue weighted by molar-refractivity contribution is -0.136. The van der Waals surface area contributed by atoms with Crippen molar-refractivity contribution in [2.75, 3.05) is 0 Å². The van der Waals surface area contributed by atoms with Crippen molar-refractivity contribution in [3.63, 3.8) is 0 Å². The van der Waals surface area contributed by atoms with E-state index in [0.29, 0.717) is 11.3 Å². The molecule has 0 aliphatic carbocycles. The summed E-state index contributed by atoms with van der Waals surface area (Å²) in [4.78, 5) is 4.48. The first kappa shape index (κ1) is 17.0. The van der Waals surface area contributed by atoms with Crippen LogP contribution in [0.4, 0.5) is 13.2 Å². The zero-order chi connectivity index (χ0) is 17.6. The summed E-state index contributed by atoms with van der Waals surface area (Å²) in [5, 5.41) is 4.33. The van der Waals surface area contributed by atoms with Crippen molar-refractivity contribution in [1.29, 1.82) is 0 Å². The van der Waals surface area contributed by atoms with Gasteiger partial charge < -0.3 is 0 Å². The summed E-state index contributed by atoms with van der Waals surface area (Å²) in [5.74, 6) is 0. The number of hydrogen-bond acceptors (Lipinski definition) is 2. The van der Waals surface area contributed by atoms with Gasteiger partial charge in [-0.25, -0.2) is 9.67 Å². The van der Waals surface area contributed by atoms with Gasteiger partial charge in [-0.05, 0) is 39.0 Å². The highest BCUT2D eigenvalue weighted by Gasteiger charge is 2.35. The van der Waals surface area contributed by atoms with Crippen LogP contribution in [0.1, 0.15) is 31.1 Å². The molecule has 2 heterocycles. The van der Waals surface area contributed by atoms with Gasteiger partial charge in [0.15, 0.2) is 5.65 Å². The molecule has 7 heteroatoms. The largest absolute Gasteiger partial charge is 0.417 e. The molecule has 0 aliphatic heterocycles. The molecule has 0 saturated carbocycles. The smallest absolute Gasteiger partial charge is 0.244 e. The first-order valence-corrected chi connectivity index (χ1v) is 8.20. The Labute approximate surface area is 145 Å². The predicted molar refractivity (Wildman–Crippen MR) is 90.8 cm³/mol. The molecule has 0 unspecified atom stereocenters. The number of aryl methyl sites for hydroxylation is 1. The third kappa shape index (κ3) is 2.92. The Kier molecular flexibility index (Phi) is 4.15. The van der Waals surface area contributed by atoms with Gasteiger partial charge in [0.05, 0.1) is 22.3 Å². The van der Waals surface area contributed by atoms with Crippen molar-refractivity contribution >= 4 is 27.0 Å². The molecule has 0 spiro atoms. The van der Waals surface area contributed by atoms with Gasteiger partial charge in [0.25, 0.3) is 0 Å². The molecular weight excluding hydrogens is 383 g/mol. The standard InChI is InChI=1S/C17H15BrF3N3/c1-9(2)24-16-15(10(3)23-24)13(17(19,20)21)8-14(22-16)11-4-6-12(18)7-5-11/h4-9H,1-3H3. The predicted octanol–water partition coefficient (Wildman–Crippen LogP) is 5.77. The zero-order valence-electron chi connectivity index (χ0n) is 13.3. The minimum atomic E-state index is -4.47. The highest BCUT2D eigenvalue weighted by Crippen LogP contribution is 2.38. The summed E-state index contributed by atoms with van der Waals surface area (Å²) in [6.45, 7) is 5.32. The number of hydrogen-bond donors (Lipinski definition) is 0. The van der Waals surface area contributed by atoms with Crippen molar-refractivity contribution in [2.24, 2.45) is 0 Å². The summed E-state index contributed by atoms with van der Waals surface area (Å²) in [6, 6.07) is 8.04. The molecule has 3 aromatic rings. The van der Waals surface area contributed by atoms with E-state index in [1.54, 1.807) is 35.9 Å². The van der Waals surface area contributed by atoms with Gasteiger partial charge >= 0.3 is 6.18 Å². The van der Waals surface area contributed by atoms with E-state index in [1.165, 1.54) is 0 Å². The normalized spacial score (nSPS) is 12.3. The van der Waals surface area contributed by atoms with Gasteiger partial charge in [-0.15, -0.1) is 0 Å². The van der Waals surface area contributed by atoms with E-state index < -0.39 is 11.7 Å². The number of fused-ring (bicyclic) bond motifs is 1. The summed E-state index contributed by atoms with van der Waals surface area (Å²) >= 11 is 3.32. The number of pyridine rings is 1. The molecule has 24 heavy (non-hydrogen) atoms. The summed E-state index contributed by atoms with van der Waals surface area (Å²) in [6.07, 6.45) is -4.47. The lowest BCUT2D eigenvalue weighted by atomic mass is 10.1. The second-order valence-corrected chi connectivity index (χ2v) is 6.80. The van der Waals surface area contributed by atoms with Crippen molar-refractivity contribution in [2.45, 2.75) is 33.0 Å². The molecule has 0 bridgehead atoms. The van der Waals surface area contributed by atoms with E-state index in [1.807, 2.05) is 13.8 Å². The van der Waals surface area contributed by atoms with Crippen LogP contribution in [0, 0.1) is 6.92 Å². The molecule has 2 aromatic heterocycles. The fourth-order valence-electron chi connectivity index (χ4n) is 2.67. The van der Waals surface area contributed by atoms with Crippen LogP contribution in [0.15, 0.2) is 34.8 Å². The summed E-state index contributed by atoms with van der Waals surface area (Å²) in [7, 11) is 0. The quantitative estimate of drug-likeness (QED) is 0.549. The monoisotopic (exact) mass is 397 g/mol. The van der Waals surface area contributed by atoms with E-state index >= 15 is 0 Å². The fourth-order valence-corrected chi connectivity index (χ4v) is 2.93. The van der Waals surface area contributed by atoms with Crippen LogP contribution in [-0.4, -0.2) is 14.8 Å². The van der Waals surface area contributed by atoms with E-state index in [-0.39, 0.29) is 22.8 Å². The lowest BCUT2D eigenvalue weighted by Crippen LogP contribution is -2.09. The number of rotatable bonds is 2. The Morgan fingerprint density at radius 3 is 2.29 bits per heavy atom. The Bertz CT molecular complexity index is 896. The van der Waals surface area contributed by atoms with E-state index in [2.05, 4.69) is 26.0 Å². The Hall–Kier alpha value is -1.89. The van der Waals surface area contributed by atoms with Crippen LogP contribution in [0.2, 0.25) is 0 Å². The zero-order valence-corrected chi connectivity index (χ0v) is 14.9. The van der Waals surface area contributed by atoms with Crippen LogP contribution in [0.25, 0.3) is 22.3 Å². The highest BCUT2D eigenvalue weighted by atomic mass is 79.9. The number of halogens is 4. The number of nitrogens with zero attached hydrogens (tertiary/aromatic N) is 3. The van der Waals surface area contributed by atoms with Crippen LogP contribution in [-0.2, 0) is 6.18 Å². The van der Waals surface area contributed by atoms with Crippen LogP contribution < -0.4 is 0 Å². The average molecular weight is 398 g/mol. The fraction of sp³-hybridized carbons (Fsp3) is 0.294. The summed E-state index contributed by atoms with van der Waals surface area (Å²) in [5.41, 5.74) is 0.801. The second-order valence-electron chi connectivity index (χ2n) is 5.88. The van der Waals surface area contributed by atoms with Crippen molar-refractivity contribution in [1.82, 2.24) is 14.8 Å². The average Bonchev–Trinajstić information content (AvgIpc) is 2.83. The Balaban J connectivity index is 2.36. The molecule has 0 N–H and O–H groups in total. The van der Waals surface area contributed by atoms with Crippen LogP contribution >= 0.6 is 15.9 Å². The van der Waals surface area contributed by atoms with Gasteiger partial charge in [-0.2, -0.15) is 18.3 Å². The van der Waals surface area contributed by atoms with Crippen LogP contribution in [0.5, 0.6) is 0 Å². The van der Waals surface area contributed by atoms with Gasteiger partial charge in [-0.3, -0.25) is 0 Å². The van der Waals surface area contributed by atoms with Gasteiger partial charge in [0.2, 0.25) is 0 Å². The second kappa shape index (κ2) is 5.88. The Morgan fingerprint density at radius 2 is 1.75 bits per heavy atom. The maximum Gasteiger partial charge on any atom is 0.417 e. The first-order chi connectivity index (χ1) is 11.2. The van der Waals surface area contributed by atoms with Gasteiger partial charge in [0.1, 0.15) is 0 Å². The molecule has 1 aromatic carbocycles. The van der Waals surface area contributed by atoms with Crippen molar-refractivity contribution in [3.8, 4) is 11.3 Å². The van der Waals surface area contributed by atoms with E-state index in [4.69, 9.17) is 0 Å². The van der Waals surface area contributed by atoms with Gasteiger partial charge in [0, 0.05) is 16.1 Å². The third-order valence-corrected chi connectivity index (χ3v) is 4.30. The first-order valence-electron chi connectivity index (χ1n) is 7.41. The maximum atomic E-state index is 13.6. The van der Waals surface area contributed by atoms with E-state index in [0.717, 1.165) is 10.5 Å². The number of aromatic nitrogens is 3. The molecule has 126 valence electrons. The highest BCUT2D eigenvalue weighted by molar-refractivity contribution is 9.10. The summed E-state index contributed by atoms with van der Waals surface area (Å²) < 4.78 is 43.2. The lowest BCUT2D eigenvalue weighted by Gasteiger charge is -2.12. The molecule has 3 nitrogen and oxygen atoms in total. The van der Waals surface area contributed by atoms with Crippen LogP contribution in [0.3, 0.4) is 0 Å². The van der Waals surface area contributed by atoms with Crippen molar-refractivity contribution in [3.05, 3.63) is 46.1 Å². The Morgan fingerprint density at radius 1 is 1.12 bits per heavy atom. The molecule has 0 atom stereocenters. The molecule has 0 saturated heterocycles. The molecule has 0 radical (unpaired) electrons. The third-order valence-electron chi connectivity index (χ3n) is 3.77. The van der Waals surface area contributed by atoms with E-state index in [9.17, 15) is 13.2 Å². The molecule has 0 aliphatic rings. The molecular formula is C17H15BrF3N3. The van der Waals surface area contributed by atoms with Crippen molar-refractivity contribution < 1.29 is 13.2 Å². The topological polar surface area (TPSA) is 30.7 Å². The number of benzene rings is 1. The number of alkyl halides is 3.